The molecule has 6 heteroatoms. The Hall–Kier alpha value is -1.77. The summed E-state index contributed by atoms with van der Waals surface area (Å²) in [4.78, 5) is 14.3. The molecule has 1 heterocycles. The minimum absolute atomic E-state index is 0.0570. The van der Waals surface area contributed by atoms with Crippen LogP contribution in [0.1, 0.15) is 0 Å². The fourth-order valence-electron chi connectivity index (χ4n) is 0.677. The van der Waals surface area contributed by atoms with Crippen molar-refractivity contribution in [3.63, 3.8) is 0 Å². The molecule has 5 nitrogen and oxygen atoms in total. The van der Waals surface area contributed by atoms with Crippen LogP contribution in [0.4, 0.5) is 5.82 Å². The molecule has 11 heavy (non-hydrogen) atoms. The molecule has 0 saturated heterocycles. The van der Waals surface area contributed by atoms with E-state index in [4.69, 9.17) is 11.0 Å². The number of hydrogen-bond acceptors (Lipinski definition) is 4. The third-order valence-electron chi connectivity index (χ3n) is 1.20. The summed E-state index contributed by atoms with van der Waals surface area (Å²) in [6.45, 7) is 0. The average Bonchev–Trinajstić information content (AvgIpc) is 1.97. The van der Waals surface area contributed by atoms with Gasteiger partial charge in [-0.2, -0.15) is 0 Å². The molecule has 0 radical (unpaired) electrons. The second-order valence-electron chi connectivity index (χ2n) is 1.90. The lowest BCUT2D eigenvalue weighted by atomic mass is 9.98. The van der Waals surface area contributed by atoms with E-state index in [1.807, 2.05) is 5.97 Å². The molecule has 1 aromatic heterocycles. The van der Waals surface area contributed by atoms with Crippen molar-refractivity contribution in [1.82, 2.24) is 9.46 Å². The van der Waals surface area contributed by atoms with Crippen LogP contribution in [0.25, 0.3) is 0 Å². The highest BCUT2D eigenvalue weighted by atomic mass is 16.1. The van der Waals surface area contributed by atoms with Gasteiger partial charge >= 0.3 is 13.1 Å². The Bertz CT molecular complexity index is 352. The van der Waals surface area contributed by atoms with Gasteiger partial charge in [0.1, 0.15) is 0 Å². The van der Waals surface area contributed by atoms with Crippen molar-refractivity contribution in [3.05, 3.63) is 22.7 Å². The number of nitrogens with zero attached hydrogens (tertiary/aromatic N) is 3. The Morgan fingerprint density at radius 1 is 1.82 bits per heavy atom. The van der Waals surface area contributed by atoms with Gasteiger partial charge in [-0.3, -0.25) is 0 Å². The third kappa shape index (κ3) is 1.38. The first kappa shape index (κ1) is 7.34. The first-order valence-corrected chi connectivity index (χ1v) is 2.94. The number of aromatic nitrogens is 2. The number of nitrogens with two attached hydrogens (primary N) is 1. The molecule has 0 aliphatic rings. The Labute approximate surface area is 63.3 Å². The molecule has 0 aliphatic carbocycles. The number of hydrogen-bond donors (Lipinski definition) is 1. The third-order valence-corrected chi connectivity index (χ3v) is 1.20. The number of nitrogen functional groups attached to an aromatic ring is 1. The van der Waals surface area contributed by atoms with Crippen LogP contribution in [0.15, 0.2) is 17.1 Å². The van der Waals surface area contributed by atoms with Crippen LogP contribution < -0.4 is 11.4 Å². The van der Waals surface area contributed by atoms with Crippen molar-refractivity contribution in [1.29, 1.82) is 5.26 Å². The van der Waals surface area contributed by atoms with Crippen molar-refractivity contribution >= 4 is 13.2 Å². The molecule has 0 spiro atoms. The molecular formula is C5H5BN4O. The lowest BCUT2D eigenvalue weighted by Gasteiger charge is -2.00. The van der Waals surface area contributed by atoms with Crippen molar-refractivity contribution in [2.75, 3.05) is 5.73 Å². The molecule has 54 valence electrons. The summed E-state index contributed by atoms with van der Waals surface area (Å²) in [5.41, 5.74) is 4.89. The minimum Gasteiger partial charge on any atom is -0.386 e. The van der Waals surface area contributed by atoms with E-state index < -0.39 is 5.69 Å². The second-order valence-corrected chi connectivity index (χ2v) is 1.90. The zero-order chi connectivity index (χ0) is 8.27. The largest absolute Gasteiger partial charge is 0.386 e. The summed E-state index contributed by atoms with van der Waals surface area (Å²) < 4.78 is 1.10. The number of nitriles is 1. The van der Waals surface area contributed by atoms with Crippen LogP contribution in [0.5, 0.6) is 0 Å². The molecule has 0 unspecified atom stereocenters. The van der Waals surface area contributed by atoms with Gasteiger partial charge in [-0.15, -0.1) is 0 Å². The molecule has 0 amide bonds. The molecule has 0 aliphatic heterocycles. The summed E-state index contributed by atoms with van der Waals surface area (Å²) in [6, 6.07) is 1.47. The first-order valence-electron chi connectivity index (χ1n) is 2.94. The van der Waals surface area contributed by atoms with Crippen LogP contribution in [0, 0.1) is 11.2 Å². The van der Waals surface area contributed by atoms with Crippen LogP contribution in [-0.4, -0.2) is 16.9 Å². The maximum Gasteiger partial charge on any atom is 0.370 e. The Morgan fingerprint density at radius 2 is 2.55 bits per heavy atom. The van der Waals surface area contributed by atoms with Crippen molar-refractivity contribution < 1.29 is 0 Å². The molecule has 0 aromatic carbocycles. The van der Waals surface area contributed by atoms with Gasteiger partial charge in [0.25, 0.3) is 0 Å². The highest BCUT2D eigenvalue weighted by Crippen LogP contribution is 1.90. The van der Waals surface area contributed by atoms with Crippen LogP contribution in [-0.2, 0) is 0 Å². The summed E-state index contributed by atoms with van der Waals surface area (Å²) in [6.07, 6.45) is 1.31. The van der Waals surface area contributed by atoms with Crippen molar-refractivity contribution in [2.24, 2.45) is 0 Å². The monoisotopic (exact) mass is 148 g/mol. The molecule has 1 rings (SSSR count). The predicted molar refractivity (Wildman–Crippen MR) is 41.1 cm³/mol. The van der Waals surface area contributed by atoms with Gasteiger partial charge in [0.2, 0.25) is 0 Å². The molecule has 0 fully saturated rings. The van der Waals surface area contributed by atoms with Crippen molar-refractivity contribution in [3.8, 4) is 5.97 Å². The number of rotatable bonds is 1. The van der Waals surface area contributed by atoms with Crippen LogP contribution in [0.2, 0.25) is 0 Å². The molecule has 0 saturated carbocycles. The topological polar surface area (TPSA) is 84.7 Å². The molecule has 1 aromatic rings. The van der Waals surface area contributed by atoms with E-state index in [0.29, 0.717) is 0 Å². The summed E-state index contributed by atoms with van der Waals surface area (Å²) in [5, 5.41) is 8.28. The zero-order valence-electron chi connectivity index (χ0n) is 5.69. The van der Waals surface area contributed by atoms with Gasteiger partial charge in [0.15, 0.2) is 0 Å². The summed E-state index contributed by atoms with van der Waals surface area (Å²) in [5.74, 6) is 2.06. The van der Waals surface area contributed by atoms with E-state index in [0.717, 1.165) is 4.48 Å². The van der Waals surface area contributed by atoms with E-state index in [1.54, 1.807) is 0 Å². The van der Waals surface area contributed by atoms with Gasteiger partial charge in [-0.05, 0) is 6.07 Å². The average molecular weight is 148 g/mol. The fourth-order valence-corrected chi connectivity index (χ4v) is 0.677. The van der Waals surface area contributed by atoms with Gasteiger partial charge in [-0.25, -0.2) is 15.0 Å². The SMILES string of the molecule is N#CBn1c(N)ccnc1=O. The predicted octanol–water partition coefficient (Wildman–Crippen LogP) is -1.49. The Morgan fingerprint density at radius 3 is 3.09 bits per heavy atom. The molecule has 0 bridgehead atoms. The van der Waals surface area contributed by atoms with Gasteiger partial charge in [-0.1, -0.05) is 0 Å². The highest BCUT2D eigenvalue weighted by molar-refractivity contribution is 6.43. The minimum atomic E-state index is -0.494. The maximum atomic E-state index is 10.9. The Balaban J connectivity index is 3.24. The lowest BCUT2D eigenvalue weighted by Crippen LogP contribution is -2.27. The quantitative estimate of drug-likeness (QED) is 0.491. The van der Waals surface area contributed by atoms with E-state index in [2.05, 4.69) is 4.98 Å². The summed E-state index contributed by atoms with van der Waals surface area (Å²) >= 11 is 0. The fraction of sp³-hybridized carbons (Fsp3) is 0. The normalized spacial score (nSPS) is 8.64. The van der Waals surface area contributed by atoms with Crippen molar-refractivity contribution in [2.45, 2.75) is 0 Å². The molecule has 2 N–H and O–H groups in total. The first-order chi connectivity index (χ1) is 5.25. The van der Waals surface area contributed by atoms with Gasteiger partial charge < -0.3 is 10.2 Å². The molecule has 0 atom stereocenters. The van der Waals surface area contributed by atoms with Crippen LogP contribution >= 0.6 is 0 Å². The number of anilines is 1. The van der Waals surface area contributed by atoms with E-state index in [-0.39, 0.29) is 13.2 Å². The van der Waals surface area contributed by atoms with Gasteiger partial charge in [0, 0.05) is 12.2 Å². The smallest absolute Gasteiger partial charge is 0.370 e. The lowest BCUT2D eigenvalue weighted by molar-refractivity contribution is 1.01. The Kier molecular flexibility index (Phi) is 1.92. The van der Waals surface area contributed by atoms with E-state index in [1.165, 1.54) is 12.3 Å². The van der Waals surface area contributed by atoms with Crippen LogP contribution in [0.3, 0.4) is 0 Å². The van der Waals surface area contributed by atoms with E-state index >= 15 is 0 Å². The maximum absolute atomic E-state index is 10.9. The summed E-state index contributed by atoms with van der Waals surface area (Å²) in [7, 11) is -0.0570. The highest BCUT2D eigenvalue weighted by Gasteiger charge is 2.00. The second kappa shape index (κ2) is 2.88. The molecular weight excluding hydrogens is 143 g/mol. The zero-order valence-corrected chi connectivity index (χ0v) is 5.69. The standard InChI is InChI=1S/C5H5BN4O/c7-3-6-10-4(8)1-2-9-5(10)11/h1-2,6H,8H2. The van der Waals surface area contributed by atoms with Gasteiger partial charge in [0.05, 0.1) is 5.82 Å². The van der Waals surface area contributed by atoms with E-state index in [9.17, 15) is 4.79 Å².